The molecule has 0 saturated heterocycles. The number of carbonyl (C=O) groups is 1. The summed E-state index contributed by atoms with van der Waals surface area (Å²) in [7, 11) is 1.80. The van der Waals surface area contributed by atoms with E-state index < -0.39 is 0 Å². The highest BCUT2D eigenvalue weighted by Gasteiger charge is 2.04. The van der Waals surface area contributed by atoms with Crippen molar-refractivity contribution in [3.63, 3.8) is 0 Å². The van der Waals surface area contributed by atoms with Crippen LogP contribution >= 0.6 is 0 Å². The van der Waals surface area contributed by atoms with E-state index in [0.29, 0.717) is 32.8 Å². The summed E-state index contributed by atoms with van der Waals surface area (Å²) in [6.45, 7) is 7.31. The molecule has 0 aromatic rings. The van der Waals surface area contributed by atoms with E-state index in [4.69, 9.17) is 9.47 Å². The summed E-state index contributed by atoms with van der Waals surface area (Å²) in [5.74, 6) is 0.155. The SMILES string of the molecule is CCCCOCCOCCN(C)C(=O)CC. The lowest BCUT2D eigenvalue weighted by Gasteiger charge is -2.16. The van der Waals surface area contributed by atoms with Gasteiger partial charge in [0.15, 0.2) is 0 Å². The number of amides is 1. The van der Waals surface area contributed by atoms with Crippen molar-refractivity contribution in [1.29, 1.82) is 0 Å². The largest absolute Gasteiger partial charge is 0.379 e. The molecule has 0 heterocycles. The number of hydrogen-bond acceptors (Lipinski definition) is 3. The van der Waals surface area contributed by atoms with Crippen LogP contribution < -0.4 is 0 Å². The summed E-state index contributed by atoms with van der Waals surface area (Å²) in [6, 6.07) is 0. The smallest absolute Gasteiger partial charge is 0.222 e. The fourth-order valence-corrected chi connectivity index (χ4v) is 1.16. The quantitative estimate of drug-likeness (QED) is 0.537. The summed E-state index contributed by atoms with van der Waals surface area (Å²) in [5, 5.41) is 0. The van der Waals surface area contributed by atoms with Gasteiger partial charge in [-0.25, -0.2) is 0 Å². The van der Waals surface area contributed by atoms with Crippen LogP contribution in [0.15, 0.2) is 0 Å². The molecule has 4 heteroatoms. The molecule has 4 nitrogen and oxygen atoms in total. The number of hydrogen-bond donors (Lipinski definition) is 0. The van der Waals surface area contributed by atoms with Gasteiger partial charge in [-0.1, -0.05) is 20.3 Å². The first-order chi connectivity index (χ1) is 7.72. The third-order valence-corrected chi connectivity index (χ3v) is 2.31. The lowest BCUT2D eigenvalue weighted by Crippen LogP contribution is -2.29. The summed E-state index contributed by atoms with van der Waals surface area (Å²) >= 11 is 0. The second-order valence-corrected chi connectivity index (χ2v) is 3.75. The Kier molecular flexibility index (Phi) is 10.5. The molecule has 0 unspecified atom stereocenters. The lowest BCUT2D eigenvalue weighted by molar-refractivity contribution is -0.130. The second kappa shape index (κ2) is 10.9. The predicted molar refractivity (Wildman–Crippen MR) is 64.5 cm³/mol. The maximum Gasteiger partial charge on any atom is 0.222 e. The van der Waals surface area contributed by atoms with Crippen LogP contribution in [0.2, 0.25) is 0 Å². The van der Waals surface area contributed by atoms with Gasteiger partial charge in [0.25, 0.3) is 0 Å². The topological polar surface area (TPSA) is 38.8 Å². The van der Waals surface area contributed by atoms with Crippen LogP contribution in [0.25, 0.3) is 0 Å². The predicted octanol–water partition coefficient (Wildman–Crippen LogP) is 1.69. The Morgan fingerprint density at radius 2 is 1.69 bits per heavy atom. The third-order valence-electron chi connectivity index (χ3n) is 2.31. The molecule has 0 aliphatic rings. The van der Waals surface area contributed by atoms with Crippen LogP contribution in [0.3, 0.4) is 0 Å². The first-order valence-electron chi connectivity index (χ1n) is 6.11. The van der Waals surface area contributed by atoms with Gasteiger partial charge in [0.05, 0.1) is 19.8 Å². The Balaban J connectivity index is 3.17. The molecule has 96 valence electrons. The van der Waals surface area contributed by atoms with Crippen LogP contribution in [0.5, 0.6) is 0 Å². The molecule has 0 aliphatic carbocycles. The molecule has 0 atom stereocenters. The average molecular weight is 231 g/mol. The minimum atomic E-state index is 0.155. The van der Waals surface area contributed by atoms with Gasteiger partial charge in [0.2, 0.25) is 5.91 Å². The van der Waals surface area contributed by atoms with Crippen molar-refractivity contribution in [2.24, 2.45) is 0 Å². The van der Waals surface area contributed by atoms with Crippen LogP contribution in [-0.2, 0) is 14.3 Å². The van der Waals surface area contributed by atoms with Crippen LogP contribution in [0, 0.1) is 0 Å². The van der Waals surface area contributed by atoms with E-state index in [1.54, 1.807) is 11.9 Å². The molecule has 0 spiro atoms. The van der Waals surface area contributed by atoms with Crippen molar-refractivity contribution in [3.8, 4) is 0 Å². The van der Waals surface area contributed by atoms with E-state index in [0.717, 1.165) is 19.4 Å². The van der Waals surface area contributed by atoms with Crippen LogP contribution in [-0.4, -0.2) is 50.8 Å². The molecule has 1 amide bonds. The van der Waals surface area contributed by atoms with E-state index in [2.05, 4.69) is 6.92 Å². The standard InChI is InChI=1S/C12H25NO3/c1-4-6-8-15-10-11-16-9-7-13(3)12(14)5-2/h4-11H2,1-3H3. The zero-order valence-electron chi connectivity index (χ0n) is 10.8. The minimum absolute atomic E-state index is 0.155. The van der Waals surface area contributed by atoms with Crippen LogP contribution in [0.4, 0.5) is 0 Å². The summed E-state index contributed by atoms with van der Waals surface area (Å²) in [4.78, 5) is 12.9. The average Bonchev–Trinajstić information content (AvgIpc) is 2.31. The van der Waals surface area contributed by atoms with Gasteiger partial charge in [-0.15, -0.1) is 0 Å². The highest BCUT2D eigenvalue weighted by atomic mass is 16.5. The van der Waals surface area contributed by atoms with Crippen molar-refractivity contribution >= 4 is 5.91 Å². The Morgan fingerprint density at radius 1 is 1.06 bits per heavy atom. The third kappa shape index (κ3) is 8.68. The van der Waals surface area contributed by atoms with Gasteiger partial charge in [-0.3, -0.25) is 4.79 Å². The molecule has 16 heavy (non-hydrogen) atoms. The normalized spacial score (nSPS) is 10.4. The molecule has 0 aliphatic heterocycles. The number of unbranched alkanes of at least 4 members (excludes halogenated alkanes) is 1. The van der Waals surface area contributed by atoms with Crippen molar-refractivity contribution in [1.82, 2.24) is 4.90 Å². The van der Waals surface area contributed by atoms with Crippen molar-refractivity contribution in [3.05, 3.63) is 0 Å². The highest BCUT2D eigenvalue weighted by molar-refractivity contribution is 5.75. The fourth-order valence-electron chi connectivity index (χ4n) is 1.16. The monoisotopic (exact) mass is 231 g/mol. The Hall–Kier alpha value is -0.610. The van der Waals surface area contributed by atoms with Gasteiger partial charge >= 0.3 is 0 Å². The molecule has 0 rings (SSSR count). The number of likely N-dealkylation sites (N-methyl/N-ethyl adjacent to an activating group) is 1. The molecule has 0 saturated carbocycles. The van der Waals surface area contributed by atoms with Crippen molar-refractivity contribution < 1.29 is 14.3 Å². The zero-order valence-corrected chi connectivity index (χ0v) is 10.8. The molecule has 0 aromatic carbocycles. The van der Waals surface area contributed by atoms with E-state index in [1.807, 2.05) is 6.92 Å². The van der Waals surface area contributed by atoms with E-state index >= 15 is 0 Å². The number of ether oxygens (including phenoxy) is 2. The van der Waals surface area contributed by atoms with Gasteiger partial charge in [-0.2, -0.15) is 0 Å². The van der Waals surface area contributed by atoms with Gasteiger partial charge in [0, 0.05) is 26.6 Å². The summed E-state index contributed by atoms with van der Waals surface area (Å²) < 4.78 is 10.7. The van der Waals surface area contributed by atoms with E-state index in [9.17, 15) is 4.79 Å². The molecular weight excluding hydrogens is 206 g/mol. The molecule has 0 N–H and O–H groups in total. The van der Waals surface area contributed by atoms with Crippen LogP contribution in [0.1, 0.15) is 33.1 Å². The summed E-state index contributed by atoms with van der Waals surface area (Å²) in [6.07, 6.45) is 2.81. The molecular formula is C12H25NO3. The first-order valence-corrected chi connectivity index (χ1v) is 6.11. The van der Waals surface area contributed by atoms with E-state index in [-0.39, 0.29) is 5.91 Å². The molecule has 0 bridgehead atoms. The number of carbonyl (C=O) groups excluding carboxylic acids is 1. The Bertz CT molecular complexity index is 174. The van der Waals surface area contributed by atoms with E-state index in [1.165, 1.54) is 0 Å². The Morgan fingerprint density at radius 3 is 2.25 bits per heavy atom. The number of nitrogens with zero attached hydrogens (tertiary/aromatic N) is 1. The maximum atomic E-state index is 11.2. The van der Waals surface area contributed by atoms with Crippen molar-refractivity contribution in [2.75, 3.05) is 40.0 Å². The Labute approximate surface area is 98.9 Å². The van der Waals surface area contributed by atoms with Gasteiger partial charge in [0.1, 0.15) is 0 Å². The maximum absolute atomic E-state index is 11.2. The lowest BCUT2D eigenvalue weighted by atomic mass is 10.4. The van der Waals surface area contributed by atoms with Gasteiger partial charge < -0.3 is 14.4 Å². The molecule has 0 radical (unpaired) electrons. The highest BCUT2D eigenvalue weighted by Crippen LogP contribution is 1.90. The van der Waals surface area contributed by atoms with Gasteiger partial charge in [-0.05, 0) is 6.42 Å². The number of rotatable bonds is 10. The minimum Gasteiger partial charge on any atom is -0.379 e. The van der Waals surface area contributed by atoms with Crippen molar-refractivity contribution in [2.45, 2.75) is 33.1 Å². The first kappa shape index (κ1) is 15.4. The summed E-state index contributed by atoms with van der Waals surface area (Å²) in [5.41, 5.74) is 0. The molecule has 0 aromatic heterocycles. The zero-order chi connectivity index (χ0) is 12.2. The molecule has 0 fully saturated rings. The second-order valence-electron chi connectivity index (χ2n) is 3.75. The fraction of sp³-hybridized carbons (Fsp3) is 0.917.